The highest BCUT2D eigenvalue weighted by atomic mass is 15.1. The fourth-order valence-corrected chi connectivity index (χ4v) is 3.93. The summed E-state index contributed by atoms with van der Waals surface area (Å²) in [5.41, 5.74) is 3.61. The van der Waals surface area contributed by atoms with Gasteiger partial charge in [0.1, 0.15) is 0 Å². The predicted octanol–water partition coefficient (Wildman–Crippen LogP) is 4.97. The number of hydrogen-bond acceptors (Lipinski definition) is 1. The number of hydrogen-bond donors (Lipinski definition) is 0. The molecule has 1 spiro atoms. The summed E-state index contributed by atoms with van der Waals surface area (Å²) in [5.74, 6) is 0.636. The molecule has 0 aromatic heterocycles. The van der Waals surface area contributed by atoms with Crippen molar-refractivity contribution in [2.24, 2.45) is 5.41 Å². The lowest BCUT2D eigenvalue weighted by atomic mass is 9.77. The monoisotopic (exact) mass is 257 g/mol. The number of rotatable bonds is 2. The molecule has 1 heteroatoms. The third-order valence-corrected chi connectivity index (χ3v) is 5.41. The van der Waals surface area contributed by atoms with E-state index in [1.165, 1.54) is 62.9 Å². The molecule has 1 aromatic carbocycles. The van der Waals surface area contributed by atoms with Gasteiger partial charge in [0, 0.05) is 18.8 Å². The van der Waals surface area contributed by atoms with Gasteiger partial charge in [-0.2, -0.15) is 0 Å². The number of anilines is 1. The number of nitrogens with zero attached hydrogens (tertiary/aromatic N) is 1. The highest BCUT2D eigenvalue weighted by Gasteiger charge is 2.36. The van der Waals surface area contributed by atoms with Gasteiger partial charge in [-0.05, 0) is 54.7 Å². The molecule has 0 N–H and O–H groups in total. The van der Waals surface area contributed by atoms with Gasteiger partial charge >= 0.3 is 0 Å². The fourth-order valence-electron chi connectivity index (χ4n) is 3.93. The van der Waals surface area contributed by atoms with Crippen LogP contribution in [0.25, 0.3) is 0 Å². The standard InChI is InChI=1S/C18H27N/c1-15(2)16-5-7-17(8-6-16)19-13-11-18(12-14-19)9-3-4-10-18/h5-8,15H,3-4,9-14H2,1-2H3. The Morgan fingerprint density at radius 2 is 1.47 bits per heavy atom. The van der Waals surface area contributed by atoms with Crippen LogP contribution in [-0.2, 0) is 0 Å². The van der Waals surface area contributed by atoms with E-state index in [1.807, 2.05) is 0 Å². The molecule has 1 aliphatic carbocycles. The minimum atomic E-state index is 0.636. The lowest BCUT2D eigenvalue weighted by molar-refractivity contribution is 0.226. The molecule has 2 aliphatic rings. The fraction of sp³-hybridized carbons (Fsp3) is 0.667. The average Bonchev–Trinajstić information content (AvgIpc) is 2.88. The number of benzene rings is 1. The summed E-state index contributed by atoms with van der Waals surface area (Å²) >= 11 is 0. The minimum absolute atomic E-state index is 0.636. The van der Waals surface area contributed by atoms with Crippen LogP contribution in [0.4, 0.5) is 5.69 Å². The van der Waals surface area contributed by atoms with E-state index in [0.717, 1.165) is 5.41 Å². The molecule has 3 rings (SSSR count). The molecule has 2 fully saturated rings. The molecule has 19 heavy (non-hydrogen) atoms. The van der Waals surface area contributed by atoms with Crippen LogP contribution in [0, 0.1) is 5.41 Å². The van der Waals surface area contributed by atoms with E-state index >= 15 is 0 Å². The van der Waals surface area contributed by atoms with Crippen LogP contribution in [0.5, 0.6) is 0 Å². The first-order valence-electron chi connectivity index (χ1n) is 8.04. The molecule has 1 aromatic rings. The maximum Gasteiger partial charge on any atom is 0.0366 e. The maximum absolute atomic E-state index is 2.59. The first-order chi connectivity index (χ1) is 9.19. The maximum atomic E-state index is 2.59. The van der Waals surface area contributed by atoms with E-state index in [4.69, 9.17) is 0 Å². The Balaban J connectivity index is 1.64. The average molecular weight is 257 g/mol. The molecule has 1 saturated carbocycles. The predicted molar refractivity (Wildman–Crippen MR) is 82.9 cm³/mol. The molecule has 0 radical (unpaired) electrons. The Kier molecular flexibility index (Phi) is 3.56. The smallest absolute Gasteiger partial charge is 0.0366 e. The second-order valence-electron chi connectivity index (χ2n) is 6.94. The van der Waals surface area contributed by atoms with E-state index in [2.05, 4.69) is 43.0 Å². The highest BCUT2D eigenvalue weighted by molar-refractivity contribution is 5.48. The van der Waals surface area contributed by atoms with Crippen molar-refractivity contribution >= 4 is 5.69 Å². The Morgan fingerprint density at radius 3 is 2.00 bits per heavy atom. The Hall–Kier alpha value is -0.980. The summed E-state index contributed by atoms with van der Waals surface area (Å²) in [6.07, 6.45) is 8.77. The summed E-state index contributed by atoms with van der Waals surface area (Å²) in [5, 5.41) is 0. The lowest BCUT2D eigenvalue weighted by Gasteiger charge is -2.40. The molecule has 1 nitrogen and oxygen atoms in total. The van der Waals surface area contributed by atoms with Crippen LogP contribution in [0.3, 0.4) is 0 Å². The minimum Gasteiger partial charge on any atom is -0.371 e. The zero-order chi connectivity index (χ0) is 13.3. The van der Waals surface area contributed by atoms with Gasteiger partial charge in [0.25, 0.3) is 0 Å². The van der Waals surface area contributed by atoms with Gasteiger partial charge in [-0.25, -0.2) is 0 Å². The lowest BCUT2D eigenvalue weighted by Crippen LogP contribution is -2.38. The molecule has 1 aliphatic heterocycles. The molecular weight excluding hydrogens is 230 g/mol. The van der Waals surface area contributed by atoms with Crippen molar-refractivity contribution in [3.63, 3.8) is 0 Å². The van der Waals surface area contributed by atoms with E-state index in [1.54, 1.807) is 0 Å². The Labute approximate surface area is 118 Å². The first-order valence-corrected chi connectivity index (χ1v) is 8.04. The normalized spacial score (nSPS) is 22.4. The zero-order valence-corrected chi connectivity index (χ0v) is 12.5. The Morgan fingerprint density at radius 1 is 0.895 bits per heavy atom. The first kappa shape index (κ1) is 13.0. The van der Waals surface area contributed by atoms with E-state index in [0.29, 0.717) is 5.92 Å². The van der Waals surface area contributed by atoms with Crippen molar-refractivity contribution in [2.75, 3.05) is 18.0 Å². The van der Waals surface area contributed by atoms with Crippen LogP contribution in [0.15, 0.2) is 24.3 Å². The molecule has 0 atom stereocenters. The summed E-state index contributed by atoms with van der Waals surface area (Å²) in [7, 11) is 0. The van der Waals surface area contributed by atoms with Gasteiger partial charge in [-0.15, -0.1) is 0 Å². The van der Waals surface area contributed by atoms with E-state index < -0.39 is 0 Å². The van der Waals surface area contributed by atoms with E-state index in [9.17, 15) is 0 Å². The van der Waals surface area contributed by atoms with E-state index in [-0.39, 0.29) is 0 Å². The van der Waals surface area contributed by atoms with Crippen molar-refractivity contribution in [1.29, 1.82) is 0 Å². The molecule has 0 amide bonds. The quantitative estimate of drug-likeness (QED) is 0.723. The van der Waals surface area contributed by atoms with Gasteiger partial charge in [0.2, 0.25) is 0 Å². The summed E-state index contributed by atoms with van der Waals surface area (Å²) < 4.78 is 0. The van der Waals surface area contributed by atoms with Crippen LogP contribution in [0.1, 0.15) is 63.9 Å². The van der Waals surface area contributed by atoms with Crippen molar-refractivity contribution in [3.8, 4) is 0 Å². The summed E-state index contributed by atoms with van der Waals surface area (Å²) in [4.78, 5) is 2.59. The van der Waals surface area contributed by atoms with Crippen LogP contribution >= 0.6 is 0 Å². The van der Waals surface area contributed by atoms with Crippen molar-refractivity contribution < 1.29 is 0 Å². The molecule has 0 bridgehead atoms. The van der Waals surface area contributed by atoms with Gasteiger partial charge in [0.15, 0.2) is 0 Å². The van der Waals surface area contributed by atoms with Crippen LogP contribution < -0.4 is 4.90 Å². The molecule has 104 valence electrons. The van der Waals surface area contributed by atoms with Crippen LogP contribution in [0.2, 0.25) is 0 Å². The van der Waals surface area contributed by atoms with Gasteiger partial charge in [0.05, 0.1) is 0 Å². The zero-order valence-electron chi connectivity index (χ0n) is 12.5. The van der Waals surface area contributed by atoms with Crippen molar-refractivity contribution in [1.82, 2.24) is 0 Å². The van der Waals surface area contributed by atoms with Gasteiger partial charge in [-0.1, -0.05) is 38.8 Å². The molecule has 0 unspecified atom stereocenters. The Bertz CT molecular complexity index is 402. The summed E-state index contributed by atoms with van der Waals surface area (Å²) in [6, 6.07) is 9.25. The van der Waals surface area contributed by atoms with Crippen molar-refractivity contribution in [3.05, 3.63) is 29.8 Å². The molecule has 1 heterocycles. The van der Waals surface area contributed by atoms with Gasteiger partial charge < -0.3 is 4.90 Å². The third-order valence-electron chi connectivity index (χ3n) is 5.41. The van der Waals surface area contributed by atoms with Gasteiger partial charge in [-0.3, -0.25) is 0 Å². The highest BCUT2D eigenvalue weighted by Crippen LogP contribution is 2.46. The largest absolute Gasteiger partial charge is 0.371 e. The van der Waals surface area contributed by atoms with Crippen molar-refractivity contribution in [2.45, 2.75) is 58.3 Å². The second-order valence-corrected chi connectivity index (χ2v) is 6.94. The third kappa shape index (κ3) is 2.66. The molecule has 1 saturated heterocycles. The summed E-state index contributed by atoms with van der Waals surface area (Å²) in [6.45, 7) is 7.06. The SMILES string of the molecule is CC(C)c1ccc(N2CCC3(CCCC3)CC2)cc1. The van der Waals surface area contributed by atoms with Crippen LogP contribution in [-0.4, -0.2) is 13.1 Å². The number of piperidine rings is 1. The second kappa shape index (κ2) is 5.19. The molecular formula is C18H27N. The topological polar surface area (TPSA) is 3.24 Å².